The molecule has 0 aliphatic heterocycles. The molecule has 24 heavy (non-hydrogen) atoms. The first-order valence-corrected chi connectivity index (χ1v) is 8.86. The molecule has 0 unspecified atom stereocenters. The average Bonchev–Trinajstić information content (AvgIpc) is 2.51. The highest BCUT2D eigenvalue weighted by Crippen LogP contribution is 2.25. The van der Waals surface area contributed by atoms with Crippen molar-refractivity contribution in [2.75, 3.05) is 0 Å². The summed E-state index contributed by atoms with van der Waals surface area (Å²) in [5.41, 5.74) is 10.7. The zero-order valence-corrected chi connectivity index (χ0v) is 16.2. The van der Waals surface area contributed by atoms with E-state index in [1.165, 1.54) is 44.5 Å². The number of aryl methyl sites for hydroxylation is 4. The molecule has 0 aliphatic carbocycles. The van der Waals surface area contributed by atoms with Crippen LogP contribution in [0.5, 0.6) is 0 Å². The Morgan fingerprint density at radius 3 is 1.50 bits per heavy atom. The van der Waals surface area contributed by atoms with Crippen molar-refractivity contribution in [1.82, 2.24) is 0 Å². The molecule has 0 radical (unpaired) electrons. The number of hydrogen-bond acceptors (Lipinski definition) is 0. The van der Waals surface area contributed by atoms with Gasteiger partial charge >= 0.3 is 0 Å². The number of allylic oxidation sites excluding steroid dienone is 1. The Bertz CT molecular complexity index is 786. The predicted molar refractivity (Wildman–Crippen MR) is 110 cm³/mol. The fraction of sp³-hybridized carbons (Fsp3) is 0.333. The van der Waals surface area contributed by atoms with Crippen LogP contribution in [-0.4, -0.2) is 0 Å². The van der Waals surface area contributed by atoms with Crippen molar-refractivity contribution in [2.45, 2.75) is 54.4 Å². The summed E-state index contributed by atoms with van der Waals surface area (Å²) in [6.07, 6.45) is 8.77. The lowest BCUT2D eigenvalue weighted by atomic mass is 9.92. The van der Waals surface area contributed by atoms with Gasteiger partial charge in [0, 0.05) is 0 Å². The van der Waals surface area contributed by atoms with Gasteiger partial charge in [0.2, 0.25) is 0 Å². The van der Waals surface area contributed by atoms with E-state index in [-0.39, 0.29) is 0 Å². The Kier molecular flexibility index (Phi) is 5.83. The van der Waals surface area contributed by atoms with Gasteiger partial charge in [0.15, 0.2) is 0 Å². The van der Waals surface area contributed by atoms with Gasteiger partial charge in [-0.2, -0.15) is 0 Å². The van der Waals surface area contributed by atoms with E-state index in [1.54, 1.807) is 0 Å². The van der Waals surface area contributed by atoms with E-state index < -0.39 is 0 Å². The molecule has 0 N–H and O–H groups in total. The number of hydrogen-bond donors (Lipinski definition) is 0. The van der Waals surface area contributed by atoms with Gasteiger partial charge in [0.05, 0.1) is 0 Å². The molecule has 0 saturated heterocycles. The minimum absolute atomic E-state index is 0.575. The summed E-state index contributed by atoms with van der Waals surface area (Å²) < 4.78 is 0. The Hall–Kier alpha value is -2.08. The molecule has 2 aromatic rings. The van der Waals surface area contributed by atoms with Gasteiger partial charge in [0.1, 0.15) is 0 Å². The molecular weight excluding hydrogens is 288 g/mol. The number of benzene rings is 2. The van der Waals surface area contributed by atoms with E-state index >= 15 is 0 Å². The molecule has 0 bridgehead atoms. The minimum atomic E-state index is 0.575. The van der Waals surface area contributed by atoms with Gasteiger partial charge in [-0.3, -0.25) is 0 Å². The van der Waals surface area contributed by atoms with Crippen LogP contribution in [0.2, 0.25) is 0 Å². The van der Waals surface area contributed by atoms with Crippen molar-refractivity contribution >= 4 is 18.2 Å². The third-order valence-corrected chi connectivity index (χ3v) is 4.72. The van der Waals surface area contributed by atoms with Crippen molar-refractivity contribution in [1.29, 1.82) is 0 Å². The molecule has 0 heteroatoms. The molecule has 0 spiro atoms. The van der Waals surface area contributed by atoms with Crippen LogP contribution in [0.15, 0.2) is 30.3 Å². The highest BCUT2D eigenvalue weighted by molar-refractivity contribution is 5.74. The van der Waals surface area contributed by atoms with Crippen LogP contribution in [0.25, 0.3) is 18.2 Å². The fourth-order valence-electron chi connectivity index (χ4n) is 3.24. The second-order valence-corrected chi connectivity index (χ2v) is 7.12. The molecule has 2 rings (SSSR count). The first kappa shape index (κ1) is 18.3. The van der Waals surface area contributed by atoms with Gasteiger partial charge in [-0.25, -0.2) is 0 Å². The minimum Gasteiger partial charge on any atom is -0.0871 e. The number of rotatable bonds is 4. The molecule has 0 aliphatic rings. The topological polar surface area (TPSA) is 0 Å². The first-order chi connectivity index (χ1) is 11.3. The largest absolute Gasteiger partial charge is 0.0871 e. The van der Waals surface area contributed by atoms with Gasteiger partial charge < -0.3 is 0 Å². The molecular formula is C24H30. The van der Waals surface area contributed by atoms with Crippen LogP contribution >= 0.6 is 0 Å². The summed E-state index contributed by atoms with van der Waals surface area (Å²) in [5.74, 6) is 0.575. The van der Waals surface area contributed by atoms with Crippen LogP contribution in [0.3, 0.4) is 0 Å². The molecule has 0 saturated carbocycles. The fourth-order valence-corrected chi connectivity index (χ4v) is 3.24. The first-order valence-electron chi connectivity index (χ1n) is 8.86. The van der Waals surface area contributed by atoms with E-state index in [2.05, 4.69) is 97.0 Å². The van der Waals surface area contributed by atoms with Crippen molar-refractivity contribution in [2.24, 2.45) is 0 Å². The third-order valence-electron chi connectivity index (χ3n) is 4.72. The molecule has 0 aromatic heterocycles. The van der Waals surface area contributed by atoms with E-state index in [0.29, 0.717) is 5.92 Å². The van der Waals surface area contributed by atoms with Gasteiger partial charge in [0.25, 0.3) is 0 Å². The van der Waals surface area contributed by atoms with E-state index in [9.17, 15) is 0 Å². The summed E-state index contributed by atoms with van der Waals surface area (Å²) >= 11 is 0. The van der Waals surface area contributed by atoms with Gasteiger partial charge in [-0.1, -0.05) is 62.4 Å². The highest BCUT2D eigenvalue weighted by atomic mass is 14.1. The molecule has 126 valence electrons. The third kappa shape index (κ3) is 4.06. The molecule has 0 atom stereocenters. The van der Waals surface area contributed by atoms with Crippen molar-refractivity contribution in [3.05, 3.63) is 74.8 Å². The van der Waals surface area contributed by atoms with Gasteiger partial charge in [-0.15, -0.1) is 0 Å². The van der Waals surface area contributed by atoms with Crippen LogP contribution in [0.1, 0.15) is 71.2 Å². The maximum atomic E-state index is 2.34. The van der Waals surface area contributed by atoms with Crippen LogP contribution in [0, 0.1) is 27.7 Å². The van der Waals surface area contributed by atoms with E-state index in [4.69, 9.17) is 0 Å². The molecule has 2 aromatic carbocycles. The maximum absolute atomic E-state index is 2.34. The second-order valence-electron chi connectivity index (χ2n) is 7.12. The molecule has 0 nitrogen and oxygen atoms in total. The maximum Gasteiger partial charge on any atom is -0.0216 e. The van der Waals surface area contributed by atoms with Crippen molar-refractivity contribution in [3.63, 3.8) is 0 Å². The quantitative estimate of drug-likeness (QED) is 0.521. The van der Waals surface area contributed by atoms with Crippen molar-refractivity contribution < 1.29 is 0 Å². The van der Waals surface area contributed by atoms with Gasteiger partial charge in [-0.05, 0) is 85.0 Å². The summed E-state index contributed by atoms with van der Waals surface area (Å²) in [6, 6.07) is 9.21. The Morgan fingerprint density at radius 2 is 1.04 bits per heavy atom. The normalized spacial score (nSPS) is 12.0. The summed E-state index contributed by atoms with van der Waals surface area (Å²) in [7, 11) is 0. The highest BCUT2D eigenvalue weighted by Gasteiger charge is 2.06. The summed E-state index contributed by atoms with van der Waals surface area (Å²) in [5, 5.41) is 0. The SMILES string of the molecule is C/C=C/c1cc(C)c(/C=C/c2cc(C)c(C(C)C)cc2C)cc1C. The van der Waals surface area contributed by atoms with Crippen LogP contribution in [-0.2, 0) is 0 Å². The van der Waals surface area contributed by atoms with Crippen LogP contribution in [0.4, 0.5) is 0 Å². The second kappa shape index (κ2) is 7.66. The lowest BCUT2D eigenvalue weighted by Gasteiger charge is -2.13. The molecule has 0 heterocycles. The predicted octanol–water partition coefficient (Wildman–Crippen LogP) is 7.25. The average molecular weight is 319 g/mol. The Labute approximate surface area is 147 Å². The smallest absolute Gasteiger partial charge is 0.0216 e. The van der Waals surface area contributed by atoms with E-state index in [0.717, 1.165) is 0 Å². The summed E-state index contributed by atoms with van der Waals surface area (Å²) in [6.45, 7) is 15.4. The zero-order valence-electron chi connectivity index (χ0n) is 16.2. The molecule has 0 fully saturated rings. The zero-order chi connectivity index (χ0) is 17.9. The Morgan fingerprint density at radius 1 is 0.625 bits per heavy atom. The lowest BCUT2D eigenvalue weighted by Crippen LogP contribution is -1.95. The van der Waals surface area contributed by atoms with Crippen LogP contribution < -0.4 is 0 Å². The lowest BCUT2D eigenvalue weighted by molar-refractivity contribution is 0.854. The molecule has 0 amide bonds. The summed E-state index contributed by atoms with van der Waals surface area (Å²) in [4.78, 5) is 0. The Balaban J connectivity index is 2.38. The van der Waals surface area contributed by atoms with Crippen molar-refractivity contribution in [3.8, 4) is 0 Å². The standard InChI is InChI=1S/C24H30/c1-8-9-21-12-18(5)22(13-17(21)4)10-11-23-14-20(7)24(16(2)3)15-19(23)6/h8-16H,1-7H3/b9-8+,11-10+. The monoisotopic (exact) mass is 318 g/mol. The van der Waals surface area contributed by atoms with E-state index in [1.807, 2.05) is 0 Å².